The van der Waals surface area contributed by atoms with Crippen molar-refractivity contribution in [3.63, 3.8) is 0 Å². The Balaban J connectivity index is 1.95. The number of rotatable bonds is 2. The molecule has 2 aliphatic rings. The van der Waals surface area contributed by atoms with E-state index in [0.717, 1.165) is 5.69 Å². The van der Waals surface area contributed by atoms with Crippen molar-refractivity contribution in [2.24, 2.45) is 5.41 Å². The first-order valence-corrected chi connectivity index (χ1v) is 9.74. The zero-order valence-electron chi connectivity index (χ0n) is 15.8. The lowest BCUT2D eigenvalue weighted by atomic mass is 9.69. The van der Waals surface area contributed by atoms with Crippen LogP contribution >= 0.6 is 11.6 Å². The van der Waals surface area contributed by atoms with Gasteiger partial charge in [-0.15, -0.1) is 0 Å². The van der Waals surface area contributed by atoms with Crippen LogP contribution in [0.4, 0.5) is 10.1 Å². The van der Waals surface area contributed by atoms with Gasteiger partial charge in [0.2, 0.25) is 5.91 Å². The molecule has 3 nitrogen and oxygen atoms in total. The first kappa shape index (κ1) is 18.9. The molecule has 28 heavy (non-hydrogen) atoms. The number of Topliss-reactive ketones (excluding diaryl/α,β-unsaturated/α-hetero) is 1. The second kappa shape index (κ2) is 6.85. The Morgan fingerprint density at radius 2 is 1.75 bits per heavy atom. The molecule has 5 heteroatoms. The lowest BCUT2D eigenvalue weighted by Crippen LogP contribution is -2.43. The summed E-state index contributed by atoms with van der Waals surface area (Å²) in [7, 11) is 0. The van der Waals surface area contributed by atoms with Crippen LogP contribution < -0.4 is 4.90 Å². The molecule has 0 saturated carbocycles. The van der Waals surface area contributed by atoms with Crippen LogP contribution in [0, 0.1) is 11.2 Å². The van der Waals surface area contributed by atoms with Crippen molar-refractivity contribution in [3.8, 4) is 0 Å². The Bertz CT molecular complexity index is 977. The number of hydrogen-bond donors (Lipinski definition) is 0. The summed E-state index contributed by atoms with van der Waals surface area (Å²) in [4.78, 5) is 28.0. The number of carbonyl (C=O) groups excluding carboxylic acids is 2. The van der Waals surface area contributed by atoms with Gasteiger partial charge in [0.1, 0.15) is 5.82 Å². The van der Waals surface area contributed by atoms with Crippen LogP contribution in [0.2, 0.25) is 5.02 Å². The molecule has 0 bridgehead atoms. The van der Waals surface area contributed by atoms with Crippen molar-refractivity contribution in [2.45, 2.75) is 39.0 Å². The fourth-order valence-corrected chi connectivity index (χ4v) is 4.68. The van der Waals surface area contributed by atoms with Crippen molar-refractivity contribution in [2.75, 3.05) is 4.90 Å². The molecular weight excluding hydrogens is 377 g/mol. The van der Waals surface area contributed by atoms with Gasteiger partial charge in [-0.2, -0.15) is 0 Å². The summed E-state index contributed by atoms with van der Waals surface area (Å²) in [6.07, 6.45) is 0.947. The number of para-hydroxylation sites is 1. The smallest absolute Gasteiger partial charge is 0.232 e. The Kier molecular flexibility index (Phi) is 4.62. The van der Waals surface area contributed by atoms with Crippen molar-refractivity contribution >= 4 is 29.0 Å². The van der Waals surface area contributed by atoms with Crippen molar-refractivity contribution in [1.82, 2.24) is 0 Å². The molecule has 1 amide bonds. The van der Waals surface area contributed by atoms with Crippen molar-refractivity contribution < 1.29 is 14.0 Å². The van der Waals surface area contributed by atoms with Gasteiger partial charge in [-0.3, -0.25) is 14.5 Å². The highest BCUT2D eigenvalue weighted by molar-refractivity contribution is 6.31. The van der Waals surface area contributed by atoms with Crippen LogP contribution in [0.25, 0.3) is 0 Å². The van der Waals surface area contributed by atoms with E-state index in [1.54, 1.807) is 11.0 Å². The fourth-order valence-electron chi connectivity index (χ4n) is 4.38. The number of benzene rings is 2. The van der Waals surface area contributed by atoms with Gasteiger partial charge in [-0.05, 0) is 36.1 Å². The molecule has 4 rings (SSSR count). The summed E-state index contributed by atoms with van der Waals surface area (Å²) in [5, 5.41) is 0.246. The van der Waals surface area contributed by atoms with E-state index in [1.165, 1.54) is 12.1 Å². The van der Waals surface area contributed by atoms with Crippen LogP contribution in [0.5, 0.6) is 0 Å². The third-order valence-electron chi connectivity index (χ3n) is 5.51. The van der Waals surface area contributed by atoms with E-state index in [2.05, 4.69) is 0 Å². The number of allylic oxidation sites excluding steroid dienone is 2. The molecule has 0 saturated heterocycles. The summed E-state index contributed by atoms with van der Waals surface area (Å²) in [6, 6.07) is 13.8. The van der Waals surface area contributed by atoms with E-state index in [1.807, 2.05) is 44.2 Å². The Hall–Kier alpha value is -2.46. The summed E-state index contributed by atoms with van der Waals surface area (Å²) < 4.78 is 14.7. The topological polar surface area (TPSA) is 37.4 Å². The highest BCUT2D eigenvalue weighted by Gasteiger charge is 2.45. The number of carbonyl (C=O) groups is 2. The van der Waals surface area contributed by atoms with Gasteiger partial charge >= 0.3 is 0 Å². The summed E-state index contributed by atoms with van der Waals surface area (Å²) >= 11 is 6.30. The predicted octanol–water partition coefficient (Wildman–Crippen LogP) is 5.64. The Labute approximate surface area is 168 Å². The predicted molar refractivity (Wildman–Crippen MR) is 108 cm³/mol. The number of hydrogen-bond acceptors (Lipinski definition) is 2. The van der Waals surface area contributed by atoms with E-state index < -0.39 is 11.7 Å². The Morgan fingerprint density at radius 1 is 1.04 bits per heavy atom. The minimum absolute atomic E-state index is 0.0144. The van der Waals surface area contributed by atoms with Crippen LogP contribution in [-0.2, 0) is 9.59 Å². The third kappa shape index (κ3) is 3.16. The van der Waals surface area contributed by atoms with Crippen LogP contribution in [0.15, 0.2) is 59.8 Å². The molecule has 2 aromatic rings. The maximum Gasteiger partial charge on any atom is 0.232 e. The van der Waals surface area contributed by atoms with Crippen LogP contribution in [0.3, 0.4) is 0 Å². The van der Waals surface area contributed by atoms with Crippen molar-refractivity contribution in [1.29, 1.82) is 0 Å². The van der Waals surface area contributed by atoms with Crippen LogP contribution in [-0.4, -0.2) is 11.7 Å². The zero-order chi connectivity index (χ0) is 20.1. The average Bonchev–Trinajstić information content (AvgIpc) is 2.60. The second-order valence-electron chi connectivity index (χ2n) is 8.26. The van der Waals surface area contributed by atoms with Gasteiger partial charge in [0.15, 0.2) is 5.78 Å². The van der Waals surface area contributed by atoms with Gasteiger partial charge in [0.25, 0.3) is 0 Å². The molecule has 1 heterocycles. The molecule has 0 aromatic heterocycles. The summed E-state index contributed by atoms with van der Waals surface area (Å²) in [5.41, 5.74) is 1.89. The lowest BCUT2D eigenvalue weighted by Gasteiger charge is -2.43. The SMILES string of the molecule is CC1(C)CC(=O)C2=C(C1)N(c1ccccc1)C(=O)CC2c1c(F)cccc1Cl. The first-order chi connectivity index (χ1) is 13.3. The quantitative estimate of drug-likeness (QED) is 0.657. The van der Waals surface area contributed by atoms with Crippen molar-refractivity contribution in [3.05, 3.63) is 76.2 Å². The third-order valence-corrected chi connectivity index (χ3v) is 5.84. The largest absolute Gasteiger partial charge is 0.294 e. The average molecular weight is 398 g/mol. The number of anilines is 1. The van der Waals surface area contributed by atoms with E-state index in [0.29, 0.717) is 24.1 Å². The molecule has 1 unspecified atom stereocenters. The fraction of sp³-hybridized carbons (Fsp3) is 0.304. The van der Waals surface area contributed by atoms with Gasteiger partial charge in [0, 0.05) is 46.3 Å². The zero-order valence-corrected chi connectivity index (χ0v) is 16.6. The maximum atomic E-state index is 14.7. The molecule has 1 atom stereocenters. The lowest BCUT2D eigenvalue weighted by molar-refractivity contribution is -0.121. The van der Waals surface area contributed by atoms with Gasteiger partial charge in [-0.25, -0.2) is 4.39 Å². The standard InChI is InChI=1S/C23H21ClFNO2/c1-23(2)12-18-22(19(27)13-23)15(21-16(24)9-6-10-17(21)25)11-20(28)26(18)14-7-4-3-5-8-14/h3-10,15H,11-13H2,1-2H3. The maximum absolute atomic E-state index is 14.7. The molecule has 1 aliphatic heterocycles. The van der Waals surface area contributed by atoms with E-state index in [9.17, 15) is 14.0 Å². The monoisotopic (exact) mass is 397 g/mol. The summed E-state index contributed by atoms with van der Waals surface area (Å²) in [6.45, 7) is 4.03. The molecule has 2 aromatic carbocycles. The van der Waals surface area contributed by atoms with E-state index >= 15 is 0 Å². The van der Waals surface area contributed by atoms with Gasteiger partial charge in [-0.1, -0.05) is 49.7 Å². The molecule has 0 spiro atoms. The normalized spacial score (nSPS) is 21.7. The molecule has 144 valence electrons. The first-order valence-electron chi connectivity index (χ1n) is 9.37. The highest BCUT2D eigenvalue weighted by Crippen LogP contribution is 2.49. The Morgan fingerprint density at radius 3 is 2.43 bits per heavy atom. The second-order valence-corrected chi connectivity index (χ2v) is 8.67. The van der Waals surface area contributed by atoms with E-state index in [4.69, 9.17) is 11.6 Å². The van der Waals surface area contributed by atoms with E-state index in [-0.39, 0.29) is 34.1 Å². The number of ketones is 1. The highest BCUT2D eigenvalue weighted by atomic mass is 35.5. The molecular formula is C23H21ClFNO2. The minimum atomic E-state index is -0.653. The molecule has 0 radical (unpaired) electrons. The molecule has 1 aliphatic carbocycles. The molecule has 0 fully saturated rings. The number of amides is 1. The van der Waals surface area contributed by atoms with Crippen LogP contribution in [0.1, 0.15) is 44.6 Å². The molecule has 0 N–H and O–H groups in total. The number of halogens is 2. The van der Waals surface area contributed by atoms with Gasteiger partial charge in [0.05, 0.1) is 0 Å². The summed E-state index contributed by atoms with van der Waals surface area (Å²) in [5.74, 6) is -1.33. The minimum Gasteiger partial charge on any atom is -0.294 e. The number of nitrogens with zero attached hydrogens (tertiary/aromatic N) is 1. The van der Waals surface area contributed by atoms with Gasteiger partial charge < -0.3 is 0 Å².